The van der Waals surface area contributed by atoms with Gasteiger partial charge in [0.1, 0.15) is 6.10 Å². The molecule has 4 rings (SSSR count). The summed E-state index contributed by atoms with van der Waals surface area (Å²) in [5.41, 5.74) is 2.48. The highest BCUT2D eigenvalue weighted by Gasteiger charge is 2.52. The molecule has 1 aromatic rings. The topological polar surface area (TPSA) is 41.9 Å². The Bertz CT molecular complexity index is 612. The number of ether oxygens (including phenoxy) is 2. The lowest BCUT2D eigenvalue weighted by atomic mass is 9.69. The predicted molar refractivity (Wildman–Crippen MR) is 79.8 cm³/mol. The van der Waals surface area contributed by atoms with Gasteiger partial charge in [-0.15, -0.1) is 0 Å². The molecule has 2 aliphatic heterocycles. The average molecular weight is 287 g/mol. The fraction of sp³-hybridized carbons (Fsp3) is 0.529. The monoisotopic (exact) mass is 287 g/mol. The molecule has 0 saturated carbocycles. The number of nitrogens with zero attached hydrogens (tertiary/aromatic N) is 1. The van der Waals surface area contributed by atoms with Gasteiger partial charge in [0, 0.05) is 18.5 Å². The summed E-state index contributed by atoms with van der Waals surface area (Å²) in [6.07, 6.45) is 5.38. The molecular weight excluding hydrogens is 266 g/mol. The zero-order valence-electron chi connectivity index (χ0n) is 12.5. The van der Waals surface area contributed by atoms with E-state index >= 15 is 0 Å². The van der Waals surface area contributed by atoms with Crippen molar-refractivity contribution in [3.05, 3.63) is 35.4 Å². The van der Waals surface area contributed by atoms with E-state index in [1.807, 2.05) is 12.1 Å². The van der Waals surface area contributed by atoms with Crippen LogP contribution in [0.15, 0.2) is 24.3 Å². The van der Waals surface area contributed by atoms with Crippen LogP contribution >= 0.6 is 0 Å². The van der Waals surface area contributed by atoms with Gasteiger partial charge in [0.25, 0.3) is 0 Å². The number of hydrogen-bond acceptors (Lipinski definition) is 4. The molecule has 112 valence electrons. The Hall–Kier alpha value is -1.52. The molecule has 0 saturated heterocycles. The molecule has 0 fully saturated rings. The van der Waals surface area contributed by atoms with E-state index < -0.39 is 6.10 Å². The second kappa shape index (κ2) is 4.49. The minimum absolute atomic E-state index is 0.00838. The van der Waals surface area contributed by atoms with Crippen molar-refractivity contribution in [2.24, 2.45) is 0 Å². The van der Waals surface area contributed by atoms with E-state index in [0.717, 1.165) is 31.0 Å². The summed E-state index contributed by atoms with van der Waals surface area (Å²) in [7, 11) is 3.84. The Kier molecular flexibility index (Phi) is 2.81. The maximum absolute atomic E-state index is 9.97. The summed E-state index contributed by atoms with van der Waals surface area (Å²) in [4.78, 5) is 2.35. The van der Waals surface area contributed by atoms with Crippen LogP contribution in [-0.2, 0) is 12.0 Å². The number of methoxy groups -OCH3 is 1. The van der Waals surface area contributed by atoms with Gasteiger partial charge in [-0.1, -0.05) is 18.2 Å². The van der Waals surface area contributed by atoms with E-state index in [-0.39, 0.29) is 11.5 Å². The second-order valence-electron chi connectivity index (χ2n) is 6.43. The quantitative estimate of drug-likeness (QED) is 0.801. The Morgan fingerprint density at radius 1 is 1.43 bits per heavy atom. The van der Waals surface area contributed by atoms with Gasteiger partial charge in [-0.2, -0.15) is 0 Å². The molecule has 4 heteroatoms. The lowest BCUT2D eigenvalue weighted by Crippen LogP contribution is -2.42. The standard InChI is InChI=1S/C17H21NO3/c1-18-8-7-17-6-5-12(19)9-14(17)21-16-13(20-2)4-3-11(10-18)15(16)17/h3-6,12,14,19H,7-10H2,1-2H3/t12?,14-,17?/m0/s1. The van der Waals surface area contributed by atoms with Crippen LogP contribution in [0, 0.1) is 0 Å². The third kappa shape index (κ3) is 1.75. The number of rotatable bonds is 1. The van der Waals surface area contributed by atoms with Crippen LogP contribution in [-0.4, -0.2) is 42.9 Å². The highest BCUT2D eigenvalue weighted by atomic mass is 16.5. The lowest BCUT2D eigenvalue weighted by molar-refractivity contribution is 0.0821. The minimum atomic E-state index is -0.412. The molecule has 0 aromatic heterocycles. The molecular formula is C17H21NO3. The van der Waals surface area contributed by atoms with E-state index in [4.69, 9.17) is 9.47 Å². The summed E-state index contributed by atoms with van der Waals surface area (Å²) in [5, 5.41) is 9.97. The van der Waals surface area contributed by atoms with Gasteiger partial charge in [0.15, 0.2) is 11.5 Å². The summed E-state index contributed by atoms with van der Waals surface area (Å²) >= 11 is 0. The van der Waals surface area contributed by atoms with E-state index in [1.165, 1.54) is 11.1 Å². The zero-order valence-corrected chi connectivity index (χ0v) is 12.5. The van der Waals surface area contributed by atoms with Crippen LogP contribution < -0.4 is 9.47 Å². The van der Waals surface area contributed by atoms with Crippen molar-refractivity contribution in [1.29, 1.82) is 0 Å². The van der Waals surface area contributed by atoms with Crippen LogP contribution in [0.2, 0.25) is 0 Å². The average Bonchev–Trinajstić information content (AvgIpc) is 2.72. The molecule has 4 nitrogen and oxygen atoms in total. The van der Waals surface area contributed by atoms with E-state index in [1.54, 1.807) is 7.11 Å². The molecule has 0 radical (unpaired) electrons. The van der Waals surface area contributed by atoms with Gasteiger partial charge in [-0.3, -0.25) is 0 Å². The van der Waals surface area contributed by atoms with Gasteiger partial charge < -0.3 is 19.5 Å². The molecule has 1 N–H and O–H groups in total. The first-order valence-electron chi connectivity index (χ1n) is 7.57. The molecule has 2 unspecified atom stereocenters. The van der Waals surface area contributed by atoms with Crippen LogP contribution in [0.4, 0.5) is 0 Å². The van der Waals surface area contributed by atoms with Crippen LogP contribution in [0.1, 0.15) is 24.0 Å². The first-order chi connectivity index (χ1) is 10.1. The first kappa shape index (κ1) is 13.2. The fourth-order valence-corrected chi connectivity index (χ4v) is 4.08. The second-order valence-corrected chi connectivity index (χ2v) is 6.43. The highest BCUT2D eigenvalue weighted by Crippen LogP contribution is 2.55. The van der Waals surface area contributed by atoms with E-state index in [9.17, 15) is 5.11 Å². The van der Waals surface area contributed by atoms with Gasteiger partial charge in [0.05, 0.1) is 18.6 Å². The molecule has 3 aliphatic rings. The largest absolute Gasteiger partial charge is 0.493 e. The number of aliphatic hydroxyl groups is 1. The van der Waals surface area contributed by atoms with E-state index in [0.29, 0.717) is 6.42 Å². The Balaban J connectivity index is 1.95. The third-order valence-electron chi connectivity index (χ3n) is 5.15. The Morgan fingerprint density at radius 3 is 3.10 bits per heavy atom. The molecule has 3 atom stereocenters. The van der Waals surface area contributed by atoms with Crippen LogP contribution in [0.3, 0.4) is 0 Å². The maximum atomic E-state index is 9.97. The van der Waals surface area contributed by atoms with Gasteiger partial charge in [0.2, 0.25) is 0 Å². The SMILES string of the molecule is COc1ccc2c3c1O[C@H]1CC(O)C=CC31CCN(C)C2. The fourth-order valence-electron chi connectivity index (χ4n) is 4.08. The van der Waals surface area contributed by atoms with Crippen molar-refractivity contribution in [2.75, 3.05) is 20.7 Å². The summed E-state index contributed by atoms with van der Waals surface area (Å²) in [6.45, 7) is 1.96. The van der Waals surface area contributed by atoms with Gasteiger partial charge in [-0.25, -0.2) is 0 Å². The Morgan fingerprint density at radius 2 is 2.29 bits per heavy atom. The molecule has 21 heavy (non-hydrogen) atoms. The summed E-state index contributed by atoms with van der Waals surface area (Å²) in [5.74, 6) is 1.68. The van der Waals surface area contributed by atoms with Crippen molar-refractivity contribution in [3.8, 4) is 11.5 Å². The van der Waals surface area contributed by atoms with Crippen LogP contribution in [0.5, 0.6) is 11.5 Å². The Labute approximate surface area is 125 Å². The number of hydrogen-bond donors (Lipinski definition) is 1. The molecule has 2 heterocycles. The predicted octanol–water partition coefficient (Wildman–Crippen LogP) is 1.85. The smallest absolute Gasteiger partial charge is 0.166 e. The molecule has 1 aliphatic carbocycles. The lowest BCUT2D eigenvalue weighted by Gasteiger charge is -2.35. The van der Waals surface area contributed by atoms with E-state index in [2.05, 4.69) is 24.1 Å². The molecule has 1 aromatic carbocycles. The van der Waals surface area contributed by atoms with Gasteiger partial charge in [-0.05, 0) is 31.6 Å². The molecule has 1 spiro atoms. The van der Waals surface area contributed by atoms with Gasteiger partial charge >= 0.3 is 0 Å². The number of benzene rings is 1. The molecule has 0 bridgehead atoms. The molecule has 0 amide bonds. The summed E-state index contributed by atoms with van der Waals surface area (Å²) < 4.78 is 11.8. The van der Waals surface area contributed by atoms with Crippen molar-refractivity contribution in [3.63, 3.8) is 0 Å². The van der Waals surface area contributed by atoms with Crippen LogP contribution in [0.25, 0.3) is 0 Å². The number of aliphatic hydroxyl groups excluding tert-OH is 1. The van der Waals surface area contributed by atoms with Crippen molar-refractivity contribution in [2.45, 2.75) is 37.0 Å². The zero-order chi connectivity index (χ0) is 14.6. The normalized spacial score (nSPS) is 33.9. The maximum Gasteiger partial charge on any atom is 0.166 e. The minimum Gasteiger partial charge on any atom is -0.493 e. The highest BCUT2D eigenvalue weighted by molar-refractivity contribution is 5.60. The third-order valence-corrected chi connectivity index (χ3v) is 5.15. The van der Waals surface area contributed by atoms with Crippen molar-refractivity contribution >= 4 is 0 Å². The first-order valence-corrected chi connectivity index (χ1v) is 7.57. The van der Waals surface area contributed by atoms with Crippen molar-refractivity contribution in [1.82, 2.24) is 4.90 Å². The van der Waals surface area contributed by atoms with Crippen molar-refractivity contribution < 1.29 is 14.6 Å². The summed E-state index contributed by atoms with van der Waals surface area (Å²) in [6, 6.07) is 4.16.